The highest BCUT2D eigenvalue weighted by atomic mass is 16.3. The third-order valence-corrected chi connectivity index (χ3v) is 1.94. The van der Waals surface area contributed by atoms with Gasteiger partial charge < -0.3 is 10.2 Å². The van der Waals surface area contributed by atoms with Crippen molar-refractivity contribution in [2.45, 2.75) is 39.0 Å². The van der Waals surface area contributed by atoms with Gasteiger partial charge in [0.05, 0.1) is 12.2 Å². The molecular formula is C8H15N3O2. The lowest BCUT2D eigenvalue weighted by Crippen LogP contribution is -2.26. The lowest BCUT2D eigenvalue weighted by Gasteiger charge is -2.12. The molecule has 1 rings (SSSR count). The molecule has 2 N–H and O–H groups in total. The van der Waals surface area contributed by atoms with Gasteiger partial charge in [-0.2, -0.15) is 5.10 Å². The van der Waals surface area contributed by atoms with Crippen LogP contribution in [0, 0.1) is 0 Å². The van der Waals surface area contributed by atoms with E-state index < -0.39 is 12.2 Å². The molecule has 1 aromatic heterocycles. The Hall–Kier alpha value is -0.940. The molecule has 5 heteroatoms. The molecule has 13 heavy (non-hydrogen) atoms. The molecular weight excluding hydrogens is 170 g/mol. The first kappa shape index (κ1) is 10.1. The van der Waals surface area contributed by atoms with Crippen LogP contribution in [0.5, 0.6) is 0 Å². The van der Waals surface area contributed by atoms with Crippen molar-refractivity contribution < 1.29 is 10.2 Å². The Morgan fingerprint density at radius 2 is 2.23 bits per heavy atom. The van der Waals surface area contributed by atoms with Crippen molar-refractivity contribution in [2.75, 3.05) is 0 Å². The molecule has 0 aliphatic rings. The van der Waals surface area contributed by atoms with Crippen LogP contribution in [-0.4, -0.2) is 37.2 Å². The number of aryl methyl sites for hydroxylation is 1. The summed E-state index contributed by atoms with van der Waals surface area (Å²) >= 11 is 0. The average molecular weight is 185 g/mol. The van der Waals surface area contributed by atoms with Crippen LogP contribution in [0.2, 0.25) is 0 Å². The number of aliphatic hydroxyl groups is 2. The summed E-state index contributed by atoms with van der Waals surface area (Å²) in [6.45, 7) is 4.23. The zero-order valence-corrected chi connectivity index (χ0v) is 7.88. The van der Waals surface area contributed by atoms with Crippen molar-refractivity contribution in [3.63, 3.8) is 0 Å². The lowest BCUT2D eigenvalue weighted by atomic mass is 10.1. The summed E-state index contributed by atoms with van der Waals surface area (Å²) in [6.07, 6.45) is 0.288. The molecule has 0 bridgehead atoms. The molecule has 2 unspecified atom stereocenters. The second-order valence-electron chi connectivity index (χ2n) is 3.00. The minimum absolute atomic E-state index is 0.339. The van der Waals surface area contributed by atoms with E-state index in [2.05, 4.69) is 10.1 Å². The molecule has 0 saturated carbocycles. The number of nitrogens with zero attached hydrogens (tertiary/aromatic N) is 3. The van der Waals surface area contributed by atoms with Crippen molar-refractivity contribution in [1.29, 1.82) is 0 Å². The molecule has 0 amide bonds. The van der Waals surface area contributed by atoms with Gasteiger partial charge in [-0.3, -0.25) is 4.68 Å². The van der Waals surface area contributed by atoms with Gasteiger partial charge in [0.15, 0.2) is 0 Å². The fourth-order valence-corrected chi connectivity index (χ4v) is 1.07. The molecule has 0 aromatic carbocycles. The fraction of sp³-hybridized carbons (Fsp3) is 0.750. The molecule has 0 fully saturated rings. The Balaban J connectivity index is 2.62. The maximum absolute atomic E-state index is 9.39. The number of rotatable bonds is 4. The van der Waals surface area contributed by atoms with Gasteiger partial charge in [-0.05, 0) is 13.8 Å². The average Bonchev–Trinajstić information content (AvgIpc) is 2.51. The number of hydrogen-bond donors (Lipinski definition) is 2. The van der Waals surface area contributed by atoms with Crippen LogP contribution >= 0.6 is 0 Å². The van der Waals surface area contributed by atoms with Crippen molar-refractivity contribution in [2.24, 2.45) is 0 Å². The monoisotopic (exact) mass is 185 g/mol. The highest BCUT2D eigenvalue weighted by Crippen LogP contribution is 2.02. The van der Waals surface area contributed by atoms with E-state index in [1.807, 2.05) is 6.92 Å². The predicted molar refractivity (Wildman–Crippen MR) is 47.1 cm³/mol. The molecule has 0 spiro atoms. The molecule has 1 aromatic rings. The molecule has 0 radical (unpaired) electrons. The molecule has 2 atom stereocenters. The van der Waals surface area contributed by atoms with Gasteiger partial charge in [-0.25, -0.2) is 4.98 Å². The third-order valence-electron chi connectivity index (χ3n) is 1.94. The number of aliphatic hydroxyl groups excluding tert-OH is 2. The van der Waals surface area contributed by atoms with E-state index in [4.69, 9.17) is 5.11 Å². The van der Waals surface area contributed by atoms with E-state index in [1.54, 1.807) is 11.6 Å². The van der Waals surface area contributed by atoms with Gasteiger partial charge >= 0.3 is 0 Å². The topological polar surface area (TPSA) is 71.2 Å². The zero-order chi connectivity index (χ0) is 9.84. The second kappa shape index (κ2) is 4.34. The number of hydrogen-bond acceptors (Lipinski definition) is 4. The quantitative estimate of drug-likeness (QED) is 0.668. The van der Waals surface area contributed by atoms with E-state index in [9.17, 15) is 5.11 Å². The van der Waals surface area contributed by atoms with Gasteiger partial charge in [0.1, 0.15) is 12.2 Å². The minimum Gasteiger partial charge on any atom is -0.391 e. The summed E-state index contributed by atoms with van der Waals surface area (Å²) in [5, 5.41) is 22.4. The predicted octanol–water partition coefficient (Wildman–Crippen LogP) is -0.418. The Morgan fingerprint density at radius 3 is 2.77 bits per heavy atom. The minimum atomic E-state index is -0.769. The van der Waals surface area contributed by atoms with Crippen molar-refractivity contribution in [1.82, 2.24) is 14.8 Å². The fourth-order valence-electron chi connectivity index (χ4n) is 1.07. The van der Waals surface area contributed by atoms with Gasteiger partial charge in [-0.1, -0.05) is 0 Å². The summed E-state index contributed by atoms with van der Waals surface area (Å²) < 4.78 is 1.70. The first-order valence-corrected chi connectivity index (χ1v) is 4.38. The van der Waals surface area contributed by atoms with Gasteiger partial charge in [0, 0.05) is 13.0 Å². The van der Waals surface area contributed by atoms with Crippen molar-refractivity contribution in [3.8, 4) is 0 Å². The Kier molecular flexibility index (Phi) is 3.39. The van der Waals surface area contributed by atoms with Crippen LogP contribution in [0.25, 0.3) is 0 Å². The molecule has 0 aliphatic heterocycles. The van der Waals surface area contributed by atoms with Crippen LogP contribution < -0.4 is 0 Å². The Bertz CT molecular complexity index is 260. The summed E-state index contributed by atoms with van der Waals surface area (Å²) in [5.41, 5.74) is 0. The van der Waals surface area contributed by atoms with E-state index in [-0.39, 0.29) is 0 Å². The van der Waals surface area contributed by atoms with Gasteiger partial charge in [-0.15, -0.1) is 0 Å². The van der Waals surface area contributed by atoms with Crippen LogP contribution in [0.15, 0.2) is 6.33 Å². The maximum Gasteiger partial charge on any atom is 0.138 e. The van der Waals surface area contributed by atoms with Crippen LogP contribution in [0.3, 0.4) is 0 Å². The van der Waals surface area contributed by atoms with Gasteiger partial charge in [0.25, 0.3) is 0 Å². The first-order chi connectivity index (χ1) is 6.15. The van der Waals surface area contributed by atoms with E-state index in [1.165, 1.54) is 6.33 Å². The van der Waals surface area contributed by atoms with Crippen molar-refractivity contribution in [3.05, 3.63) is 12.2 Å². The summed E-state index contributed by atoms with van der Waals surface area (Å²) in [6, 6.07) is 0. The third kappa shape index (κ3) is 2.50. The van der Waals surface area contributed by atoms with Crippen LogP contribution in [0.4, 0.5) is 0 Å². The lowest BCUT2D eigenvalue weighted by molar-refractivity contribution is 0.0301. The molecule has 1 heterocycles. The van der Waals surface area contributed by atoms with E-state index >= 15 is 0 Å². The molecule has 74 valence electrons. The van der Waals surface area contributed by atoms with Crippen LogP contribution in [-0.2, 0) is 13.0 Å². The van der Waals surface area contributed by atoms with Crippen molar-refractivity contribution >= 4 is 0 Å². The zero-order valence-electron chi connectivity index (χ0n) is 7.88. The Morgan fingerprint density at radius 1 is 1.54 bits per heavy atom. The normalized spacial score (nSPS) is 15.7. The van der Waals surface area contributed by atoms with E-state index in [0.29, 0.717) is 12.2 Å². The Labute approximate surface area is 77.0 Å². The highest BCUT2D eigenvalue weighted by Gasteiger charge is 2.14. The highest BCUT2D eigenvalue weighted by molar-refractivity contribution is 4.88. The molecule has 5 nitrogen and oxygen atoms in total. The second-order valence-corrected chi connectivity index (χ2v) is 3.00. The standard InChI is InChI=1S/C8H15N3O2/c1-3-11-8(9-5-10-11)4-7(13)6(2)12/h5-7,12-13H,3-4H2,1-2H3. The smallest absolute Gasteiger partial charge is 0.138 e. The summed E-state index contributed by atoms with van der Waals surface area (Å²) in [5.74, 6) is 0.705. The SMILES string of the molecule is CCn1ncnc1CC(O)C(C)O. The van der Waals surface area contributed by atoms with Gasteiger partial charge in [0.2, 0.25) is 0 Å². The summed E-state index contributed by atoms with van der Waals surface area (Å²) in [4.78, 5) is 3.99. The first-order valence-electron chi connectivity index (χ1n) is 4.38. The van der Waals surface area contributed by atoms with E-state index in [0.717, 1.165) is 6.54 Å². The molecule has 0 saturated heterocycles. The maximum atomic E-state index is 9.39. The molecule has 0 aliphatic carbocycles. The number of aromatic nitrogens is 3. The van der Waals surface area contributed by atoms with Crippen LogP contribution in [0.1, 0.15) is 19.7 Å². The summed E-state index contributed by atoms with van der Waals surface area (Å²) in [7, 11) is 0. The largest absolute Gasteiger partial charge is 0.391 e.